The maximum atomic E-state index is 12.1. The van der Waals surface area contributed by atoms with Crippen LogP contribution in [0.5, 0.6) is 5.75 Å². The molecule has 822 valence electrons. The molecule has 0 saturated carbocycles. The Balaban J connectivity index is 0.000000150. The molecule has 20 rings (SSSR count). The first-order valence-electron chi connectivity index (χ1n) is 56.6. The predicted molar refractivity (Wildman–Crippen MR) is 617 cm³/mol. The number of carbonyl (C=O) groups is 1. The van der Waals surface area contributed by atoms with Gasteiger partial charge in [-0.25, -0.2) is 0 Å². The van der Waals surface area contributed by atoms with Gasteiger partial charge in [0.2, 0.25) is 0 Å². The maximum Gasteiger partial charge on any atom is 0.255 e. The van der Waals surface area contributed by atoms with Crippen LogP contribution in [0.25, 0.3) is 0 Å². The van der Waals surface area contributed by atoms with E-state index in [-0.39, 0.29) is 5.91 Å². The molecule has 0 spiro atoms. The summed E-state index contributed by atoms with van der Waals surface area (Å²) in [6.45, 7) is 83.8. The number of anilines is 6. The smallest absolute Gasteiger partial charge is 0.255 e. The third-order valence-corrected chi connectivity index (χ3v) is 30.2. The van der Waals surface area contributed by atoms with Gasteiger partial charge in [-0.2, -0.15) is 0 Å². The van der Waals surface area contributed by atoms with E-state index in [1.807, 2.05) is 78.7 Å². The standard InChI is InChI=1S/2C15H23N3O.C15H25N3.C14H23N3.C13H21N3.C13H18N2O2.2C12H18N2O.C12H18N2/c2*1-12(2)15-4-3-13(9-16-15)17-5-7-18(8-6-17)14-10-19-11-14;1-12(2)15-6-5-14(11-16-15)18-9-7-17(8-10-18)13(3)4;1-4-16-7-9-17(10-8-16)13-5-6-14(12(2)3)15-11-13;1-11(2)13-5-4-12(10-14-13)16-8-6-15(3)7-9-16;1-10(2)12-4-3-11(9-14-12)13(16)15-5-7-17-8-6-15;1-9(2)12-5-4-10(6-13-12)15-11-7-14(3)8-11;1-10(2)12-4-3-11(9-13-12)14-5-7-15-8-6-14;1-9(2)12-5-4-10(6-13-12)11-7-14(3)8-11/h2*3-4,9,12,14H,5-8,10-11H2,1-2H3;5-6,11-13H,7-10H2,1-4H3;5-6,11-12H,4,7-10H2,1-3H3;4-5,10-11H,6-9H2,1-3H3;3-4,9-10H,5-8H2,1-2H3;4-6,9,11H,7-8H2,1-3H3;3-4,9-10H,5-8H2,1-2H3;4-6,9,11H,7-8H2,1-3H3. The number of amides is 1. The highest BCUT2D eigenvalue weighted by molar-refractivity contribution is 5.94. The lowest BCUT2D eigenvalue weighted by Gasteiger charge is -2.43. The Labute approximate surface area is 902 Å². The summed E-state index contributed by atoms with van der Waals surface area (Å²) < 4.78 is 26.8. The van der Waals surface area contributed by atoms with Gasteiger partial charge >= 0.3 is 0 Å². The zero-order chi connectivity index (χ0) is 107. The first-order valence-corrected chi connectivity index (χ1v) is 56.6. The first kappa shape index (κ1) is 119. The average Bonchev–Trinajstić information content (AvgIpc) is 0.820. The monoisotopic (exact) mass is 2060 g/mol. The molecule has 0 N–H and O–H groups in total. The van der Waals surface area contributed by atoms with Crippen LogP contribution in [0.4, 0.5) is 34.1 Å². The van der Waals surface area contributed by atoms with Crippen LogP contribution in [-0.4, -0.2) is 378 Å². The third-order valence-electron chi connectivity index (χ3n) is 30.2. The van der Waals surface area contributed by atoms with Crippen LogP contribution in [-0.2, 0) is 18.9 Å². The first-order chi connectivity index (χ1) is 72.2. The van der Waals surface area contributed by atoms with Gasteiger partial charge in [-0.15, -0.1) is 0 Å². The summed E-state index contributed by atoms with van der Waals surface area (Å²) >= 11 is 0. The van der Waals surface area contributed by atoms with E-state index in [1.54, 1.807) is 6.20 Å². The number of carbonyl (C=O) groups excluding carboxylic acids is 1. The highest BCUT2D eigenvalue weighted by Gasteiger charge is 2.33. The molecule has 0 radical (unpaired) electrons. The Bertz CT molecular complexity index is 5130. The molecule has 29 heteroatoms. The van der Waals surface area contributed by atoms with Gasteiger partial charge < -0.3 is 72.7 Å². The summed E-state index contributed by atoms with van der Waals surface area (Å²) in [6, 6.07) is 40.4. The Morgan fingerprint density at radius 1 is 0.293 bits per heavy atom. The number of morpholine rings is 2. The fourth-order valence-corrected chi connectivity index (χ4v) is 19.3. The zero-order valence-corrected chi connectivity index (χ0v) is 96.1. The summed E-state index contributed by atoms with van der Waals surface area (Å²) in [6.07, 6.45) is 18.0. The van der Waals surface area contributed by atoms with Crippen LogP contribution in [0.1, 0.15) is 272 Å². The number of piperazine rings is 5. The number of aromatic nitrogens is 9. The lowest BCUT2D eigenvalue weighted by molar-refractivity contribution is -0.0660. The highest BCUT2D eigenvalue weighted by Crippen LogP contribution is 2.31. The molecule has 1 amide bonds. The van der Waals surface area contributed by atoms with Gasteiger partial charge in [0.15, 0.2) is 0 Å². The van der Waals surface area contributed by atoms with Crippen molar-refractivity contribution in [3.63, 3.8) is 0 Å². The van der Waals surface area contributed by atoms with E-state index in [9.17, 15) is 4.79 Å². The van der Waals surface area contributed by atoms with Crippen LogP contribution in [0, 0.1) is 0 Å². The molecular formula is C121H187N23O6. The number of likely N-dealkylation sites (N-methyl/N-ethyl adjacent to an activating group) is 4. The number of nitrogens with zero attached hydrogens (tertiary/aromatic N) is 23. The Morgan fingerprint density at radius 3 is 0.847 bits per heavy atom. The number of rotatable bonds is 23. The summed E-state index contributed by atoms with van der Waals surface area (Å²) in [7, 11) is 6.43. The molecule has 11 saturated heterocycles. The van der Waals surface area contributed by atoms with Crippen molar-refractivity contribution >= 4 is 40.0 Å². The zero-order valence-electron chi connectivity index (χ0n) is 96.1. The average molecular weight is 2060 g/mol. The molecule has 9 aromatic heterocycles. The van der Waals surface area contributed by atoms with Crippen molar-refractivity contribution in [2.45, 2.75) is 229 Å². The van der Waals surface area contributed by atoms with Crippen molar-refractivity contribution in [1.29, 1.82) is 0 Å². The number of ether oxygens (including phenoxy) is 5. The van der Waals surface area contributed by atoms with Crippen molar-refractivity contribution in [3.8, 4) is 5.75 Å². The number of likely N-dealkylation sites (tertiary alicyclic amines) is 2. The van der Waals surface area contributed by atoms with Gasteiger partial charge in [-0.1, -0.05) is 138 Å². The quantitative estimate of drug-likeness (QED) is 0.0580. The van der Waals surface area contributed by atoms with Crippen molar-refractivity contribution in [3.05, 3.63) is 227 Å². The largest absolute Gasteiger partial charge is 0.486 e. The fraction of sp³-hybridized carbons (Fsp3) is 0.620. The molecule has 0 bridgehead atoms. The molecule has 11 fully saturated rings. The number of hydrogen-bond donors (Lipinski definition) is 0. The molecule has 0 aliphatic carbocycles. The summed E-state index contributed by atoms with van der Waals surface area (Å²) in [5.74, 6) is 6.11. The van der Waals surface area contributed by atoms with Gasteiger partial charge in [0.25, 0.3) is 5.91 Å². The molecule has 150 heavy (non-hydrogen) atoms. The van der Waals surface area contributed by atoms with E-state index < -0.39 is 0 Å². The second kappa shape index (κ2) is 60.6. The van der Waals surface area contributed by atoms with Crippen molar-refractivity contribution in [2.24, 2.45) is 0 Å². The molecule has 9 aromatic rings. The molecule has 0 atom stereocenters. The Morgan fingerprint density at radius 2 is 0.580 bits per heavy atom. The molecule has 20 heterocycles. The SMILES string of the molecule is CC(C)c1ccc(C(=O)N2CCOCC2)cn1.CC(C)c1ccc(C2CN(C)C2)cn1.CC(C)c1ccc(N2CCN(C(C)C)CC2)cn1.CC(C)c1ccc(N2CCN(C)CC2)cn1.CC(C)c1ccc(N2CCN(C3COC3)CC2)cn1.CC(C)c1ccc(N2CCN(C3COC3)CC2)cn1.CC(C)c1ccc(N2CCOCC2)cn1.CC(C)c1ccc(OC2CN(C)C2)cn1.CCN1CCN(c2ccc(C(C)C)nc2)CC1. The lowest BCUT2D eigenvalue weighted by atomic mass is 9.93. The fourth-order valence-electron chi connectivity index (χ4n) is 19.3. The molecule has 11 aliphatic heterocycles. The third kappa shape index (κ3) is 37.2. The summed E-state index contributed by atoms with van der Waals surface area (Å²) in [5.41, 5.74) is 20.0. The van der Waals surface area contributed by atoms with E-state index >= 15 is 0 Å². The number of hydrogen-bond acceptors (Lipinski definition) is 28. The second-order valence-corrected chi connectivity index (χ2v) is 45.1. The lowest BCUT2D eigenvalue weighted by Crippen LogP contribution is -2.56. The van der Waals surface area contributed by atoms with Crippen LogP contribution in [0.3, 0.4) is 0 Å². The highest BCUT2D eigenvalue weighted by atomic mass is 16.5. The molecular weight excluding hydrogens is 1870 g/mol. The van der Waals surface area contributed by atoms with E-state index in [4.69, 9.17) is 23.7 Å². The Hall–Kier alpha value is -10.0. The van der Waals surface area contributed by atoms with Crippen LogP contribution < -0.4 is 34.1 Å². The minimum atomic E-state index is 0.0520. The van der Waals surface area contributed by atoms with E-state index in [0.717, 1.165) is 206 Å². The Kier molecular flexibility index (Phi) is 47.9. The van der Waals surface area contributed by atoms with Crippen molar-refractivity contribution in [2.75, 3.05) is 293 Å². The van der Waals surface area contributed by atoms with E-state index in [0.29, 0.717) is 115 Å². The predicted octanol–water partition coefficient (Wildman–Crippen LogP) is 18.3. The topological polar surface area (TPSA) is 225 Å². The van der Waals surface area contributed by atoms with Crippen LogP contribution in [0.2, 0.25) is 0 Å². The molecule has 29 nitrogen and oxygen atoms in total. The minimum absolute atomic E-state index is 0.0520. The van der Waals surface area contributed by atoms with Crippen LogP contribution >= 0.6 is 0 Å². The second-order valence-electron chi connectivity index (χ2n) is 45.1. The minimum Gasteiger partial charge on any atom is -0.486 e. The van der Waals surface area contributed by atoms with Gasteiger partial charge in [-0.05, 0) is 203 Å². The number of pyridine rings is 9. The van der Waals surface area contributed by atoms with Gasteiger partial charge in [0.05, 0.1) is 148 Å². The van der Waals surface area contributed by atoms with Crippen molar-refractivity contribution in [1.82, 2.24) is 84.1 Å². The van der Waals surface area contributed by atoms with E-state index in [1.165, 1.54) is 107 Å². The normalized spacial score (nSPS) is 18.7. The van der Waals surface area contributed by atoms with E-state index in [2.05, 4.69) is 360 Å². The molecule has 11 aliphatic rings. The summed E-state index contributed by atoms with van der Waals surface area (Å²) in [4.78, 5) is 85.8. The van der Waals surface area contributed by atoms with Gasteiger partial charge in [-0.3, -0.25) is 69.2 Å². The van der Waals surface area contributed by atoms with Crippen LogP contribution in [0.15, 0.2) is 165 Å². The van der Waals surface area contributed by atoms with Gasteiger partial charge in [0, 0.05) is 259 Å². The summed E-state index contributed by atoms with van der Waals surface area (Å²) in [5, 5.41) is 0. The molecule has 0 aromatic carbocycles. The van der Waals surface area contributed by atoms with Crippen molar-refractivity contribution < 1.29 is 28.5 Å². The maximum absolute atomic E-state index is 12.1. The molecule has 0 unspecified atom stereocenters. The van der Waals surface area contributed by atoms with Gasteiger partial charge in [0.1, 0.15) is 11.9 Å².